The molecule has 0 fully saturated rings. The molecule has 14 heavy (non-hydrogen) atoms. The Hall–Kier alpha value is -0.350. The molecule has 0 amide bonds. The lowest BCUT2D eigenvalue weighted by Crippen LogP contribution is -1.96. The van der Waals surface area contributed by atoms with E-state index >= 15 is 0 Å². The highest BCUT2D eigenvalue weighted by atomic mass is 35.5. The molecule has 74 valence electrons. The molecular formula is C10H9ClOS2. The lowest BCUT2D eigenvalue weighted by atomic mass is 10.1. The number of aliphatic hydroxyl groups excluding tert-OH is 1. The van der Waals surface area contributed by atoms with Crippen LogP contribution >= 0.6 is 34.3 Å². The minimum Gasteiger partial charge on any atom is -0.383 e. The van der Waals surface area contributed by atoms with Crippen LogP contribution in [-0.2, 0) is 0 Å². The Kier molecular flexibility index (Phi) is 2.93. The zero-order chi connectivity index (χ0) is 10.1. The number of aliphatic hydroxyl groups is 1. The van der Waals surface area contributed by atoms with Crippen LogP contribution in [0.3, 0.4) is 0 Å². The van der Waals surface area contributed by atoms with Gasteiger partial charge < -0.3 is 5.11 Å². The number of halogens is 1. The number of thiophene rings is 2. The Morgan fingerprint density at radius 2 is 2.21 bits per heavy atom. The maximum atomic E-state index is 10.0. The molecule has 1 atom stereocenters. The summed E-state index contributed by atoms with van der Waals surface area (Å²) in [5.74, 6) is 0. The monoisotopic (exact) mass is 244 g/mol. The third-order valence-electron chi connectivity index (χ3n) is 2.05. The van der Waals surface area contributed by atoms with Crippen LogP contribution < -0.4 is 0 Å². The molecule has 0 radical (unpaired) electrons. The van der Waals surface area contributed by atoms with Crippen molar-refractivity contribution in [3.05, 3.63) is 43.2 Å². The molecule has 0 aliphatic rings. The molecule has 4 heteroatoms. The highest BCUT2D eigenvalue weighted by Crippen LogP contribution is 2.32. The van der Waals surface area contributed by atoms with E-state index in [1.165, 1.54) is 11.3 Å². The molecule has 1 nitrogen and oxygen atoms in total. The average molecular weight is 245 g/mol. The van der Waals surface area contributed by atoms with Crippen LogP contribution in [0.1, 0.15) is 21.4 Å². The first-order valence-electron chi connectivity index (χ1n) is 4.14. The first kappa shape index (κ1) is 10.2. The zero-order valence-electron chi connectivity index (χ0n) is 7.53. The Balaban J connectivity index is 2.33. The summed E-state index contributed by atoms with van der Waals surface area (Å²) in [6, 6.07) is 3.77. The van der Waals surface area contributed by atoms with Crippen LogP contribution in [0.4, 0.5) is 0 Å². The van der Waals surface area contributed by atoms with E-state index in [9.17, 15) is 5.11 Å². The lowest BCUT2D eigenvalue weighted by Gasteiger charge is -2.07. The summed E-state index contributed by atoms with van der Waals surface area (Å²) < 4.78 is 0. The molecule has 2 rings (SSSR count). The summed E-state index contributed by atoms with van der Waals surface area (Å²) in [5.41, 5.74) is 0.980. The van der Waals surface area contributed by atoms with Gasteiger partial charge in [0, 0.05) is 15.1 Å². The lowest BCUT2D eigenvalue weighted by molar-refractivity contribution is 0.224. The Morgan fingerprint density at radius 1 is 1.43 bits per heavy atom. The summed E-state index contributed by atoms with van der Waals surface area (Å²) in [7, 11) is 0. The van der Waals surface area contributed by atoms with Gasteiger partial charge in [-0.1, -0.05) is 11.6 Å². The first-order valence-corrected chi connectivity index (χ1v) is 6.28. The highest BCUT2D eigenvalue weighted by molar-refractivity contribution is 7.11. The third kappa shape index (κ3) is 1.86. The SMILES string of the molecule is Cc1sccc1C(O)c1cc(Cl)cs1. The molecule has 1 N–H and O–H groups in total. The van der Waals surface area contributed by atoms with Crippen LogP contribution in [-0.4, -0.2) is 5.11 Å². The largest absolute Gasteiger partial charge is 0.383 e. The van der Waals surface area contributed by atoms with E-state index in [1.807, 2.05) is 29.8 Å². The second-order valence-electron chi connectivity index (χ2n) is 3.00. The predicted octanol–water partition coefficient (Wildman–Crippen LogP) is 3.85. The Morgan fingerprint density at radius 3 is 2.71 bits per heavy atom. The van der Waals surface area contributed by atoms with Gasteiger partial charge in [-0.25, -0.2) is 0 Å². The summed E-state index contributed by atoms with van der Waals surface area (Å²) in [6.07, 6.45) is -0.529. The number of rotatable bonds is 2. The molecule has 2 aromatic heterocycles. The van der Waals surface area contributed by atoms with Crippen molar-refractivity contribution >= 4 is 34.3 Å². The van der Waals surface area contributed by atoms with Gasteiger partial charge in [0.25, 0.3) is 0 Å². The third-order valence-corrected chi connectivity index (χ3v) is 4.24. The van der Waals surface area contributed by atoms with Crippen LogP contribution in [0.2, 0.25) is 5.02 Å². The van der Waals surface area contributed by atoms with Gasteiger partial charge in [0.15, 0.2) is 0 Å². The Labute approximate surface area is 95.6 Å². The fourth-order valence-electron chi connectivity index (χ4n) is 1.30. The minimum atomic E-state index is -0.529. The van der Waals surface area contributed by atoms with Gasteiger partial charge in [0.1, 0.15) is 6.10 Å². The second kappa shape index (κ2) is 4.03. The fourth-order valence-corrected chi connectivity index (χ4v) is 3.12. The fraction of sp³-hybridized carbons (Fsp3) is 0.200. The topological polar surface area (TPSA) is 20.2 Å². The minimum absolute atomic E-state index is 0.529. The standard InChI is InChI=1S/C10H9ClOS2/c1-6-8(2-3-13-6)10(12)9-4-7(11)5-14-9/h2-5,10,12H,1H3. The molecule has 0 aliphatic heterocycles. The van der Waals surface area contributed by atoms with Crippen LogP contribution in [0, 0.1) is 6.92 Å². The van der Waals surface area contributed by atoms with E-state index in [0.717, 1.165) is 15.3 Å². The second-order valence-corrected chi connectivity index (χ2v) is 5.50. The van der Waals surface area contributed by atoms with E-state index in [2.05, 4.69) is 0 Å². The number of hydrogen-bond acceptors (Lipinski definition) is 3. The van der Waals surface area contributed by atoms with Gasteiger partial charge in [-0.05, 0) is 30.0 Å². The maximum Gasteiger partial charge on any atom is 0.114 e. The van der Waals surface area contributed by atoms with Crippen molar-refractivity contribution in [3.63, 3.8) is 0 Å². The molecule has 2 heterocycles. The highest BCUT2D eigenvalue weighted by Gasteiger charge is 2.15. The van der Waals surface area contributed by atoms with Crippen molar-refractivity contribution in [1.82, 2.24) is 0 Å². The van der Waals surface area contributed by atoms with Crippen LogP contribution in [0.25, 0.3) is 0 Å². The van der Waals surface area contributed by atoms with Gasteiger partial charge >= 0.3 is 0 Å². The van der Waals surface area contributed by atoms with Gasteiger partial charge in [-0.2, -0.15) is 0 Å². The predicted molar refractivity (Wildman–Crippen MR) is 62.4 cm³/mol. The van der Waals surface area contributed by atoms with Crippen molar-refractivity contribution in [1.29, 1.82) is 0 Å². The zero-order valence-corrected chi connectivity index (χ0v) is 9.92. The van der Waals surface area contributed by atoms with Crippen LogP contribution in [0.15, 0.2) is 22.9 Å². The molecular weight excluding hydrogens is 236 g/mol. The van der Waals surface area contributed by atoms with E-state index in [-0.39, 0.29) is 0 Å². The van der Waals surface area contributed by atoms with Crippen molar-refractivity contribution in [2.45, 2.75) is 13.0 Å². The molecule has 1 unspecified atom stereocenters. The van der Waals surface area contributed by atoms with E-state index < -0.39 is 6.10 Å². The summed E-state index contributed by atoms with van der Waals surface area (Å²) in [4.78, 5) is 2.05. The number of aryl methyl sites for hydroxylation is 1. The quantitative estimate of drug-likeness (QED) is 0.851. The van der Waals surface area contributed by atoms with Crippen molar-refractivity contribution in [3.8, 4) is 0 Å². The molecule has 0 aliphatic carbocycles. The summed E-state index contributed by atoms with van der Waals surface area (Å²) >= 11 is 8.94. The van der Waals surface area contributed by atoms with E-state index in [1.54, 1.807) is 11.3 Å². The van der Waals surface area contributed by atoms with Gasteiger partial charge in [-0.3, -0.25) is 0 Å². The maximum absolute atomic E-state index is 10.0. The van der Waals surface area contributed by atoms with Crippen molar-refractivity contribution in [2.75, 3.05) is 0 Å². The first-order chi connectivity index (χ1) is 6.68. The summed E-state index contributed by atoms with van der Waals surface area (Å²) in [6.45, 7) is 2.01. The number of hydrogen-bond donors (Lipinski definition) is 1. The molecule has 0 saturated heterocycles. The molecule has 2 aromatic rings. The normalized spacial score (nSPS) is 13.1. The smallest absolute Gasteiger partial charge is 0.114 e. The van der Waals surface area contributed by atoms with Crippen molar-refractivity contribution < 1.29 is 5.11 Å². The van der Waals surface area contributed by atoms with Gasteiger partial charge in [0.05, 0.1) is 5.02 Å². The summed E-state index contributed by atoms with van der Waals surface area (Å²) in [5, 5.41) is 14.5. The van der Waals surface area contributed by atoms with Gasteiger partial charge in [0.2, 0.25) is 0 Å². The van der Waals surface area contributed by atoms with Crippen LogP contribution in [0.5, 0.6) is 0 Å². The molecule has 0 bridgehead atoms. The van der Waals surface area contributed by atoms with E-state index in [0.29, 0.717) is 5.02 Å². The van der Waals surface area contributed by atoms with Gasteiger partial charge in [-0.15, -0.1) is 22.7 Å². The molecule has 0 saturated carbocycles. The molecule has 0 spiro atoms. The average Bonchev–Trinajstić information content (AvgIpc) is 2.73. The Bertz CT molecular complexity index is 433. The molecule has 0 aromatic carbocycles. The van der Waals surface area contributed by atoms with E-state index in [4.69, 9.17) is 11.6 Å². The van der Waals surface area contributed by atoms with Crippen molar-refractivity contribution in [2.24, 2.45) is 0 Å².